The molecule has 0 radical (unpaired) electrons. The second-order valence-corrected chi connectivity index (χ2v) is 4.33. The maximum absolute atomic E-state index is 9.35. The minimum absolute atomic E-state index is 0.534. The smallest absolute Gasteiger partial charge is 0.137 e. The SMILES string of the molecule is COc1ccc2nc(C)cc(N(C)C)c2c1C#N. The third kappa shape index (κ3) is 1.84. The molecule has 2 rings (SSSR count). The highest BCUT2D eigenvalue weighted by Crippen LogP contribution is 2.33. The summed E-state index contributed by atoms with van der Waals surface area (Å²) in [4.78, 5) is 6.45. The maximum Gasteiger partial charge on any atom is 0.137 e. The molecule has 0 spiro atoms. The van der Waals surface area contributed by atoms with E-state index in [-0.39, 0.29) is 0 Å². The van der Waals surface area contributed by atoms with E-state index in [0.29, 0.717) is 11.3 Å². The molecule has 0 unspecified atom stereocenters. The van der Waals surface area contributed by atoms with Gasteiger partial charge >= 0.3 is 0 Å². The molecule has 1 heterocycles. The molecular formula is C14H15N3O. The van der Waals surface area contributed by atoms with Gasteiger partial charge < -0.3 is 9.64 Å². The summed E-state index contributed by atoms with van der Waals surface area (Å²) in [6.07, 6.45) is 0. The third-order valence-electron chi connectivity index (χ3n) is 2.86. The Morgan fingerprint density at radius 3 is 2.61 bits per heavy atom. The summed E-state index contributed by atoms with van der Waals surface area (Å²) in [6.45, 7) is 1.95. The van der Waals surface area contributed by atoms with Crippen LogP contribution in [0.2, 0.25) is 0 Å². The lowest BCUT2D eigenvalue weighted by atomic mass is 10.0. The Balaban J connectivity index is 2.94. The van der Waals surface area contributed by atoms with Crippen LogP contribution in [0.5, 0.6) is 5.75 Å². The minimum atomic E-state index is 0.534. The molecule has 0 saturated heterocycles. The molecule has 1 aromatic heterocycles. The Morgan fingerprint density at radius 2 is 2.06 bits per heavy atom. The van der Waals surface area contributed by atoms with Crippen molar-refractivity contribution in [2.24, 2.45) is 0 Å². The van der Waals surface area contributed by atoms with Crippen LogP contribution in [0.15, 0.2) is 18.2 Å². The average Bonchev–Trinajstić information content (AvgIpc) is 2.35. The Bertz CT molecular complexity index is 642. The average molecular weight is 241 g/mol. The Morgan fingerprint density at radius 1 is 1.33 bits per heavy atom. The van der Waals surface area contributed by atoms with Gasteiger partial charge in [-0.1, -0.05) is 0 Å². The Hall–Kier alpha value is -2.28. The van der Waals surface area contributed by atoms with Gasteiger partial charge in [0.25, 0.3) is 0 Å². The maximum atomic E-state index is 9.35. The molecule has 1 aromatic carbocycles. The van der Waals surface area contributed by atoms with Crippen molar-refractivity contribution >= 4 is 16.6 Å². The zero-order valence-electron chi connectivity index (χ0n) is 11.0. The number of pyridine rings is 1. The topological polar surface area (TPSA) is 49.1 Å². The van der Waals surface area contributed by atoms with Crippen molar-refractivity contribution in [2.75, 3.05) is 26.1 Å². The van der Waals surface area contributed by atoms with Crippen LogP contribution in [0.3, 0.4) is 0 Å². The molecule has 0 atom stereocenters. The number of benzene rings is 1. The van der Waals surface area contributed by atoms with Crippen molar-refractivity contribution in [1.82, 2.24) is 4.98 Å². The first-order chi connectivity index (χ1) is 8.58. The number of aryl methyl sites for hydroxylation is 1. The summed E-state index contributed by atoms with van der Waals surface area (Å²) in [5, 5.41) is 10.2. The van der Waals surface area contributed by atoms with Gasteiger partial charge in [0.05, 0.1) is 12.6 Å². The van der Waals surface area contributed by atoms with Crippen molar-refractivity contribution in [3.8, 4) is 11.8 Å². The van der Waals surface area contributed by atoms with Gasteiger partial charge in [-0.15, -0.1) is 0 Å². The van der Waals surface area contributed by atoms with E-state index in [4.69, 9.17) is 4.74 Å². The van der Waals surface area contributed by atoms with Crippen LogP contribution in [-0.2, 0) is 0 Å². The lowest BCUT2D eigenvalue weighted by Crippen LogP contribution is -2.10. The van der Waals surface area contributed by atoms with Crippen molar-refractivity contribution in [2.45, 2.75) is 6.92 Å². The van der Waals surface area contributed by atoms with Crippen molar-refractivity contribution in [3.05, 3.63) is 29.5 Å². The number of nitrogens with zero attached hydrogens (tertiary/aromatic N) is 3. The van der Waals surface area contributed by atoms with E-state index >= 15 is 0 Å². The fourth-order valence-electron chi connectivity index (χ4n) is 2.05. The van der Waals surface area contributed by atoms with Crippen molar-refractivity contribution in [3.63, 3.8) is 0 Å². The highest BCUT2D eigenvalue weighted by molar-refractivity contribution is 5.98. The van der Waals surface area contributed by atoms with E-state index in [1.54, 1.807) is 13.2 Å². The molecule has 0 aliphatic carbocycles. The second-order valence-electron chi connectivity index (χ2n) is 4.33. The largest absolute Gasteiger partial charge is 0.495 e. The molecule has 4 nitrogen and oxygen atoms in total. The monoisotopic (exact) mass is 241 g/mol. The van der Waals surface area contributed by atoms with E-state index in [2.05, 4.69) is 11.1 Å². The molecule has 92 valence electrons. The van der Waals surface area contributed by atoms with Crippen LogP contribution in [0.4, 0.5) is 5.69 Å². The zero-order valence-corrected chi connectivity index (χ0v) is 11.0. The molecular weight excluding hydrogens is 226 g/mol. The van der Waals surface area contributed by atoms with Crippen LogP contribution in [0.25, 0.3) is 10.9 Å². The molecule has 0 bridgehead atoms. The van der Waals surface area contributed by atoms with E-state index in [9.17, 15) is 5.26 Å². The highest BCUT2D eigenvalue weighted by atomic mass is 16.5. The Labute approximate surface area is 106 Å². The lowest BCUT2D eigenvalue weighted by Gasteiger charge is -2.17. The first-order valence-corrected chi connectivity index (χ1v) is 5.64. The van der Waals surface area contributed by atoms with Crippen LogP contribution in [0.1, 0.15) is 11.3 Å². The van der Waals surface area contributed by atoms with Gasteiger partial charge in [0, 0.05) is 30.9 Å². The number of hydrogen-bond donors (Lipinski definition) is 0. The van der Waals surface area contributed by atoms with Gasteiger partial charge in [-0.25, -0.2) is 0 Å². The predicted octanol–water partition coefficient (Wildman–Crippen LogP) is 2.49. The molecule has 18 heavy (non-hydrogen) atoms. The number of rotatable bonds is 2. The van der Waals surface area contributed by atoms with E-state index in [1.807, 2.05) is 38.1 Å². The van der Waals surface area contributed by atoms with Gasteiger partial charge in [-0.05, 0) is 25.1 Å². The minimum Gasteiger partial charge on any atom is -0.495 e. The number of ether oxygens (including phenoxy) is 1. The second kappa shape index (κ2) is 4.53. The third-order valence-corrected chi connectivity index (χ3v) is 2.86. The van der Waals surface area contributed by atoms with Crippen molar-refractivity contribution < 1.29 is 4.74 Å². The van der Waals surface area contributed by atoms with Gasteiger partial charge in [0.15, 0.2) is 0 Å². The molecule has 2 aromatic rings. The molecule has 0 amide bonds. The molecule has 4 heteroatoms. The normalized spacial score (nSPS) is 10.2. The lowest BCUT2D eigenvalue weighted by molar-refractivity contribution is 0.414. The van der Waals surface area contributed by atoms with Crippen LogP contribution >= 0.6 is 0 Å². The first-order valence-electron chi connectivity index (χ1n) is 5.64. The molecule has 0 aliphatic heterocycles. The number of fused-ring (bicyclic) bond motifs is 1. The number of hydrogen-bond acceptors (Lipinski definition) is 4. The first kappa shape index (κ1) is 12.2. The number of anilines is 1. The van der Waals surface area contributed by atoms with Gasteiger partial charge in [0.1, 0.15) is 17.4 Å². The Kier molecular flexibility index (Phi) is 3.07. The van der Waals surface area contributed by atoms with Crippen LogP contribution in [-0.4, -0.2) is 26.2 Å². The molecule has 0 N–H and O–H groups in total. The zero-order chi connectivity index (χ0) is 13.3. The summed E-state index contributed by atoms with van der Waals surface area (Å²) in [7, 11) is 5.47. The summed E-state index contributed by atoms with van der Waals surface area (Å²) < 4.78 is 5.24. The summed E-state index contributed by atoms with van der Waals surface area (Å²) in [6, 6.07) is 7.86. The fourth-order valence-corrected chi connectivity index (χ4v) is 2.05. The number of aromatic nitrogens is 1. The van der Waals surface area contributed by atoms with Crippen LogP contribution < -0.4 is 9.64 Å². The number of nitriles is 1. The molecule has 0 fully saturated rings. The predicted molar refractivity (Wildman–Crippen MR) is 72.1 cm³/mol. The van der Waals surface area contributed by atoms with Gasteiger partial charge in [0.2, 0.25) is 0 Å². The van der Waals surface area contributed by atoms with Crippen molar-refractivity contribution in [1.29, 1.82) is 5.26 Å². The molecule has 0 saturated carbocycles. The fraction of sp³-hybridized carbons (Fsp3) is 0.286. The summed E-state index contributed by atoms with van der Waals surface area (Å²) >= 11 is 0. The standard InChI is InChI=1S/C14H15N3O/c1-9-7-12(17(2)3)14-10(8-15)13(18-4)6-5-11(14)16-9/h5-7H,1-4H3. The van der Waals surface area contributed by atoms with Gasteiger partial charge in [-0.3, -0.25) is 4.98 Å². The van der Waals surface area contributed by atoms with E-state index in [0.717, 1.165) is 22.3 Å². The highest BCUT2D eigenvalue weighted by Gasteiger charge is 2.14. The van der Waals surface area contributed by atoms with Crippen LogP contribution in [0, 0.1) is 18.3 Å². The quantitative estimate of drug-likeness (QED) is 0.810. The van der Waals surface area contributed by atoms with E-state index < -0.39 is 0 Å². The molecule has 0 aliphatic rings. The van der Waals surface area contributed by atoms with E-state index in [1.165, 1.54) is 0 Å². The summed E-state index contributed by atoms with van der Waals surface area (Å²) in [5.74, 6) is 0.582. The van der Waals surface area contributed by atoms with Gasteiger partial charge in [-0.2, -0.15) is 5.26 Å². The summed E-state index contributed by atoms with van der Waals surface area (Å²) in [5.41, 5.74) is 3.26. The number of methoxy groups -OCH3 is 1.